The lowest BCUT2D eigenvalue weighted by Crippen LogP contribution is -2.27. The van der Waals surface area contributed by atoms with Gasteiger partial charge in [-0.3, -0.25) is 4.79 Å². The van der Waals surface area contributed by atoms with Gasteiger partial charge in [-0.1, -0.05) is 33.4 Å². The van der Waals surface area contributed by atoms with Crippen molar-refractivity contribution in [3.63, 3.8) is 0 Å². The summed E-state index contributed by atoms with van der Waals surface area (Å²) in [5, 5.41) is 2.76. The summed E-state index contributed by atoms with van der Waals surface area (Å²) in [6.07, 6.45) is 3.25. The van der Waals surface area contributed by atoms with Crippen LogP contribution in [-0.2, 0) is 4.79 Å². The van der Waals surface area contributed by atoms with Crippen LogP contribution < -0.4 is 5.32 Å². The summed E-state index contributed by atoms with van der Waals surface area (Å²) in [6, 6.07) is 0. The molecule has 1 N–H and O–H groups in total. The summed E-state index contributed by atoms with van der Waals surface area (Å²) < 4.78 is 0. The number of carbonyl (C=O) groups excluding carboxylic acids is 1. The van der Waals surface area contributed by atoms with Crippen molar-refractivity contribution in [2.75, 3.05) is 0 Å². The Kier molecular flexibility index (Phi) is 2.84. The fourth-order valence-corrected chi connectivity index (χ4v) is 1.91. The van der Waals surface area contributed by atoms with E-state index in [0.717, 1.165) is 12.1 Å². The molecule has 0 bridgehead atoms. The fraction of sp³-hybridized carbons (Fsp3) is 0.583. The summed E-state index contributed by atoms with van der Waals surface area (Å²) in [7, 11) is 0. The van der Waals surface area contributed by atoms with E-state index in [1.807, 2.05) is 0 Å². The molecule has 0 aliphatic heterocycles. The molecule has 0 spiro atoms. The molecule has 0 radical (unpaired) electrons. The highest BCUT2D eigenvalue weighted by Gasteiger charge is 2.35. The van der Waals surface area contributed by atoms with Crippen molar-refractivity contribution in [3.8, 4) is 0 Å². The van der Waals surface area contributed by atoms with Gasteiger partial charge in [-0.15, -0.1) is 0 Å². The van der Waals surface area contributed by atoms with E-state index >= 15 is 0 Å². The summed E-state index contributed by atoms with van der Waals surface area (Å²) >= 11 is 0. The van der Waals surface area contributed by atoms with Gasteiger partial charge in [0.2, 0.25) is 5.91 Å². The topological polar surface area (TPSA) is 29.1 Å². The lowest BCUT2D eigenvalue weighted by atomic mass is 9.77. The van der Waals surface area contributed by atoms with Crippen molar-refractivity contribution in [2.24, 2.45) is 11.3 Å². The van der Waals surface area contributed by atoms with Crippen LogP contribution in [0, 0.1) is 11.3 Å². The second-order valence-electron chi connectivity index (χ2n) is 4.64. The zero-order valence-electron chi connectivity index (χ0n) is 9.48. The second-order valence-corrected chi connectivity index (χ2v) is 4.64. The number of hydrogen-bond acceptors (Lipinski definition) is 1. The predicted molar refractivity (Wildman–Crippen MR) is 58.6 cm³/mol. The number of rotatable bonds is 2. The van der Waals surface area contributed by atoms with E-state index in [1.54, 1.807) is 0 Å². The SMILES string of the molecule is C=C(NC(C)=O)C1=CC[C@@H](C)C1(C)C. The Bertz CT molecular complexity index is 299. The summed E-state index contributed by atoms with van der Waals surface area (Å²) in [5.74, 6) is 0.564. The van der Waals surface area contributed by atoms with Crippen LogP contribution in [0.15, 0.2) is 23.9 Å². The molecule has 0 aromatic heterocycles. The van der Waals surface area contributed by atoms with Crippen LogP contribution in [0.4, 0.5) is 0 Å². The Labute approximate surface area is 86.1 Å². The molecule has 1 aliphatic carbocycles. The normalized spacial score (nSPS) is 24.3. The lowest BCUT2D eigenvalue weighted by molar-refractivity contribution is -0.118. The average molecular weight is 193 g/mol. The average Bonchev–Trinajstić information content (AvgIpc) is 2.26. The molecular weight excluding hydrogens is 174 g/mol. The van der Waals surface area contributed by atoms with E-state index in [1.165, 1.54) is 12.5 Å². The molecule has 0 unspecified atom stereocenters. The molecular formula is C12H19NO. The number of amides is 1. The van der Waals surface area contributed by atoms with Crippen molar-refractivity contribution in [1.29, 1.82) is 0 Å². The first-order valence-electron chi connectivity index (χ1n) is 5.03. The van der Waals surface area contributed by atoms with Crippen LogP contribution in [0.25, 0.3) is 0 Å². The van der Waals surface area contributed by atoms with Gasteiger partial charge in [-0.2, -0.15) is 0 Å². The molecule has 2 heteroatoms. The number of allylic oxidation sites excluding steroid dienone is 2. The van der Waals surface area contributed by atoms with E-state index in [4.69, 9.17) is 0 Å². The molecule has 1 amide bonds. The molecule has 78 valence electrons. The summed E-state index contributed by atoms with van der Waals surface area (Å²) in [5.41, 5.74) is 2.06. The van der Waals surface area contributed by atoms with Gasteiger partial charge in [-0.25, -0.2) is 0 Å². The molecule has 1 rings (SSSR count). The van der Waals surface area contributed by atoms with E-state index in [0.29, 0.717) is 5.92 Å². The molecule has 0 fully saturated rings. The van der Waals surface area contributed by atoms with E-state index in [9.17, 15) is 4.79 Å². The van der Waals surface area contributed by atoms with Gasteiger partial charge in [0, 0.05) is 12.6 Å². The van der Waals surface area contributed by atoms with Gasteiger partial charge in [0.15, 0.2) is 0 Å². The zero-order chi connectivity index (χ0) is 10.9. The maximum atomic E-state index is 10.9. The number of carbonyl (C=O) groups is 1. The van der Waals surface area contributed by atoms with Crippen LogP contribution in [-0.4, -0.2) is 5.91 Å². The minimum atomic E-state index is -0.0498. The van der Waals surface area contributed by atoms with Gasteiger partial charge >= 0.3 is 0 Å². The zero-order valence-corrected chi connectivity index (χ0v) is 9.48. The highest BCUT2D eigenvalue weighted by molar-refractivity contribution is 5.76. The minimum Gasteiger partial charge on any atom is -0.327 e. The van der Waals surface area contributed by atoms with Gasteiger partial charge in [0.25, 0.3) is 0 Å². The van der Waals surface area contributed by atoms with Crippen LogP contribution in [0.2, 0.25) is 0 Å². The Balaban J connectivity index is 2.80. The summed E-state index contributed by atoms with van der Waals surface area (Å²) in [4.78, 5) is 10.9. The number of nitrogens with one attached hydrogen (secondary N) is 1. The van der Waals surface area contributed by atoms with Crippen molar-refractivity contribution in [2.45, 2.75) is 34.1 Å². The molecule has 0 saturated carbocycles. The molecule has 1 aliphatic rings. The highest BCUT2D eigenvalue weighted by Crippen LogP contribution is 2.44. The standard InChI is InChI=1S/C12H19NO/c1-8-6-7-11(12(8,4)5)9(2)13-10(3)14/h7-8H,2,6H2,1,3-5H3,(H,13,14)/t8-/m1/s1. The van der Waals surface area contributed by atoms with Gasteiger partial charge < -0.3 is 5.32 Å². The highest BCUT2D eigenvalue weighted by atomic mass is 16.1. The number of hydrogen-bond donors (Lipinski definition) is 1. The van der Waals surface area contributed by atoms with Crippen LogP contribution >= 0.6 is 0 Å². The van der Waals surface area contributed by atoms with Crippen LogP contribution in [0.1, 0.15) is 34.1 Å². The lowest BCUT2D eigenvalue weighted by Gasteiger charge is -2.29. The smallest absolute Gasteiger partial charge is 0.221 e. The van der Waals surface area contributed by atoms with Crippen LogP contribution in [0.3, 0.4) is 0 Å². The van der Waals surface area contributed by atoms with Crippen molar-refractivity contribution >= 4 is 5.91 Å². The third kappa shape index (κ3) is 1.89. The first kappa shape index (κ1) is 11.0. The van der Waals surface area contributed by atoms with Crippen molar-refractivity contribution in [1.82, 2.24) is 5.32 Å². The van der Waals surface area contributed by atoms with E-state index in [-0.39, 0.29) is 11.3 Å². The molecule has 0 saturated heterocycles. The summed E-state index contributed by atoms with van der Waals surface area (Å²) in [6.45, 7) is 12.0. The van der Waals surface area contributed by atoms with Gasteiger partial charge in [-0.05, 0) is 23.3 Å². The molecule has 1 atom stereocenters. The molecule has 14 heavy (non-hydrogen) atoms. The Morgan fingerprint density at radius 1 is 1.64 bits per heavy atom. The minimum absolute atomic E-state index is 0.0498. The maximum Gasteiger partial charge on any atom is 0.221 e. The largest absolute Gasteiger partial charge is 0.327 e. The van der Waals surface area contributed by atoms with Gasteiger partial charge in [0.1, 0.15) is 0 Å². The van der Waals surface area contributed by atoms with Gasteiger partial charge in [0.05, 0.1) is 0 Å². The molecule has 0 aromatic rings. The molecule has 0 heterocycles. The maximum absolute atomic E-state index is 10.9. The third-order valence-corrected chi connectivity index (χ3v) is 3.25. The molecule has 0 aromatic carbocycles. The van der Waals surface area contributed by atoms with Crippen molar-refractivity contribution < 1.29 is 4.79 Å². The monoisotopic (exact) mass is 193 g/mol. The third-order valence-electron chi connectivity index (χ3n) is 3.25. The Morgan fingerprint density at radius 2 is 2.21 bits per heavy atom. The first-order valence-corrected chi connectivity index (χ1v) is 5.03. The van der Waals surface area contributed by atoms with Crippen LogP contribution in [0.5, 0.6) is 0 Å². The Morgan fingerprint density at radius 3 is 2.57 bits per heavy atom. The van der Waals surface area contributed by atoms with Crippen molar-refractivity contribution in [3.05, 3.63) is 23.9 Å². The second kappa shape index (κ2) is 3.60. The Hall–Kier alpha value is -1.05. The molecule has 2 nitrogen and oxygen atoms in total. The van der Waals surface area contributed by atoms with E-state index in [2.05, 4.69) is 38.7 Å². The first-order chi connectivity index (χ1) is 6.35. The van der Waals surface area contributed by atoms with E-state index < -0.39 is 0 Å². The quantitative estimate of drug-likeness (QED) is 0.717. The fourth-order valence-electron chi connectivity index (χ4n) is 1.91. The predicted octanol–water partition coefficient (Wildman–Crippen LogP) is 2.63.